The van der Waals surface area contributed by atoms with Gasteiger partial charge in [0.2, 0.25) is 0 Å². The largest absolute Gasteiger partial charge is 0.790 e. The van der Waals surface area contributed by atoms with Crippen LogP contribution in [0.3, 0.4) is 0 Å². The molecule has 0 bridgehead atoms. The second-order valence-electron chi connectivity index (χ2n) is 11.7. The van der Waals surface area contributed by atoms with Gasteiger partial charge in [0.05, 0.1) is 0 Å². The van der Waals surface area contributed by atoms with Gasteiger partial charge in [-0.3, -0.25) is 6.07 Å². The van der Waals surface area contributed by atoms with Crippen molar-refractivity contribution in [2.45, 2.75) is 25.7 Å². The van der Waals surface area contributed by atoms with Crippen LogP contribution in [0.2, 0.25) is 0 Å². The van der Waals surface area contributed by atoms with E-state index < -0.39 is 0 Å². The van der Waals surface area contributed by atoms with Gasteiger partial charge in [-0.05, 0) is 88.9 Å². The Bertz CT molecular complexity index is 1060. The van der Waals surface area contributed by atoms with Gasteiger partial charge in [-0.1, -0.05) is 5.39 Å². The average Bonchev–Trinajstić information content (AvgIpc) is 3.42. The summed E-state index contributed by atoms with van der Waals surface area (Å²) in [5.41, 5.74) is 5.99. The van der Waals surface area contributed by atoms with Gasteiger partial charge >= 0.3 is 0 Å². The van der Waals surface area contributed by atoms with Crippen molar-refractivity contribution in [3.8, 4) is 0 Å². The fraction of sp³-hybridized carbons (Fsp3) is 0.471. The summed E-state index contributed by atoms with van der Waals surface area (Å²) in [7, 11) is 17.1. The molecule has 0 saturated carbocycles. The summed E-state index contributed by atoms with van der Waals surface area (Å²) in [6.45, 7) is 4.45. The van der Waals surface area contributed by atoms with Gasteiger partial charge in [-0.15, -0.1) is 52.9 Å². The van der Waals surface area contributed by atoms with Crippen molar-refractivity contribution < 1.29 is 17.1 Å². The van der Waals surface area contributed by atoms with Gasteiger partial charge in [0, 0.05) is 23.6 Å². The van der Waals surface area contributed by atoms with Crippen molar-refractivity contribution in [2.75, 3.05) is 82.6 Å². The Kier molecular flexibility index (Phi) is 13.9. The van der Waals surface area contributed by atoms with Gasteiger partial charge in [-0.2, -0.15) is 12.8 Å². The van der Waals surface area contributed by atoms with E-state index in [0.717, 1.165) is 51.9 Å². The molecule has 0 saturated heterocycles. The zero-order valence-corrected chi connectivity index (χ0v) is 26.8. The maximum atomic E-state index is 2.41. The number of nitrogens with zero attached hydrogens (tertiary/aromatic N) is 4. The molecule has 0 fully saturated rings. The summed E-state index contributed by atoms with van der Waals surface area (Å²) >= 11 is 0. The minimum Gasteiger partial charge on any atom is -0.790 e. The van der Waals surface area contributed by atoms with E-state index in [-0.39, 0.29) is 17.1 Å². The summed E-state index contributed by atoms with van der Waals surface area (Å²) in [6, 6.07) is 22.5. The first kappa shape index (κ1) is 33.2. The third kappa shape index (κ3) is 10.2. The van der Waals surface area contributed by atoms with Gasteiger partial charge in [0.15, 0.2) is 0 Å². The molecular formula is C34H50MnN4-6. The Hall–Kier alpha value is -1.98. The van der Waals surface area contributed by atoms with E-state index in [0.29, 0.717) is 0 Å². The van der Waals surface area contributed by atoms with Crippen LogP contribution in [-0.4, -0.2) is 102 Å². The fourth-order valence-electron chi connectivity index (χ4n) is 5.02. The molecule has 0 amide bonds. The second-order valence-corrected chi connectivity index (χ2v) is 11.7. The van der Waals surface area contributed by atoms with E-state index in [1.54, 1.807) is 0 Å². The zero-order valence-electron chi connectivity index (χ0n) is 25.6. The Balaban J connectivity index is 0.000000267. The maximum Gasteiger partial charge on any atom is 0.000323 e. The van der Waals surface area contributed by atoms with Crippen LogP contribution >= 0.6 is 0 Å². The van der Waals surface area contributed by atoms with E-state index in [9.17, 15) is 0 Å². The van der Waals surface area contributed by atoms with Crippen molar-refractivity contribution in [2.24, 2.45) is 0 Å². The Morgan fingerprint density at radius 2 is 1.10 bits per heavy atom. The molecule has 219 valence electrons. The third-order valence-corrected chi connectivity index (χ3v) is 7.25. The molecule has 1 radical (unpaired) electrons. The summed E-state index contributed by atoms with van der Waals surface area (Å²) in [4.78, 5) is 9.01. The van der Waals surface area contributed by atoms with E-state index in [1.807, 2.05) is 0 Å². The van der Waals surface area contributed by atoms with Crippen LogP contribution in [0.4, 0.5) is 0 Å². The predicted octanol–water partition coefficient (Wildman–Crippen LogP) is 5.53. The number of rotatable bonds is 12. The maximum absolute atomic E-state index is 2.41. The van der Waals surface area contributed by atoms with Gasteiger partial charge < -0.3 is 53.6 Å². The van der Waals surface area contributed by atoms with E-state index >= 15 is 0 Å². The molecule has 5 heteroatoms. The van der Waals surface area contributed by atoms with Crippen molar-refractivity contribution in [1.82, 2.24) is 19.6 Å². The van der Waals surface area contributed by atoms with Crippen molar-refractivity contribution in [3.05, 3.63) is 82.9 Å². The fourth-order valence-corrected chi connectivity index (χ4v) is 5.02. The first-order valence-corrected chi connectivity index (χ1v) is 14.1. The Morgan fingerprint density at radius 1 is 0.615 bits per heavy atom. The number of fused-ring (bicyclic) bond motifs is 2. The zero-order chi connectivity index (χ0) is 27.7. The summed E-state index contributed by atoms with van der Waals surface area (Å²) in [6.07, 6.45) is 4.54. The minimum absolute atomic E-state index is 0. The standard InChI is InChI=1S/2C17H25N2.Mn/c2*1-18(2)11-9-14-13-15(10-12-19(3)4)17-8-6-5-7-16(14)17;/h2*5-8,13H,9-12H2,1-4H3;/q-5;-1;. The number of hydrogen-bond donors (Lipinski definition) is 0. The van der Waals surface area contributed by atoms with Gasteiger partial charge in [0.1, 0.15) is 0 Å². The molecule has 4 aromatic rings. The first-order chi connectivity index (χ1) is 18.2. The third-order valence-electron chi connectivity index (χ3n) is 7.25. The van der Waals surface area contributed by atoms with E-state index in [4.69, 9.17) is 0 Å². The van der Waals surface area contributed by atoms with E-state index in [2.05, 4.69) is 137 Å². The molecule has 0 atom stereocenters. The Labute approximate surface area is 248 Å². The SMILES string of the molecule is CN(C)CC[c-]1[cH-][c-](CCN(C)C)[c-]2cccc[c-]12.CN(C)CCc1cc(CCN(C)C)[c-]2ccccc12.[Mn]. The molecular weight excluding hydrogens is 519 g/mol. The molecule has 0 unspecified atom stereocenters. The molecule has 0 aliphatic carbocycles. The Morgan fingerprint density at radius 3 is 1.62 bits per heavy atom. The van der Waals surface area contributed by atoms with Crippen molar-refractivity contribution >= 4 is 21.5 Å². The van der Waals surface area contributed by atoms with Crippen LogP contribution in [0.5, 0.6) is 0 Å². The number of hydrogen-bond acceptors (Lipinski definition) is 4. The summed E-state index contributed by atoms with van der Waals surface area (Å²) in [5, 5.41) is 5.77. The van der Waals surface area contributed by atoms with Crippen LogP contribution in [-0.2, 0) is 42.8 Å². The smallest absolute Gasteiger partial charge is 0.000323 e. The minimum atomic E-state index is 0. The molecule has 4 nitrogen and oxygen atoms in total. The summed E-state index contributed by atoms with van der Waals surface area (Å²) in [5.74, 6) is 0. The predicted molar refractivity (Wildman–Crippen MR) is 168 cm³/mol. The van der Waals surface area contributed by atoms with Gasteiger partial charge in [0.25, 0.3) is 0 Å². The van der Waals surface area contributed by atoms with Crippen LogP contribution in [0, 0.1) is 0 Å². The number of likely N-dealkylation sites (N-methyl/N-ethyl adjacent to an activating group) is 4. The van der Waals surface area contributed by atoms with Crippen LogP contribution in [0.1, 0.15) is 22.3 Å². The molecule has 0 N–H and O–H groups in total. The van der Waals surface area contributed by atoms with Gasteiger partial charge in [-0.25, -0.2) is 6.07 Å². The average molecular weight is 570 g/mol. The molecule has 0 spiro atoms. The molecule has 0 aliphatic heterocycles. The topological polar surface area (TPSA) is 13.0 Å². The number of benzene rings is 2. The van der Waals surface area contributed by atoms with Crippen molar-refractivity contribution in [3.63, 3.8) is 0 Å². The van der Waals surface area contributed by atoms with Crippen LogP contribution < -0.4 is 0 Å². The molecule has 4 aromatic carbocycles. The van der Waals surface area contributed by atoms with Crippen LogP contribution in [0.15, 0.2) is 60.7 Å². The molecule has 0 aromatic heterocycles. The van der Waals surface area contributed by atoms with E-state index in [1.165, 1.54) is 43.8 Å². The van der Waals surface area contributed by atoms with Crippen molar-refractivity contribution in [1.29, 1.82) is 0 Å². The van der Waals surface area contributed by atoms with Crippen LogP contribution in [0.25, 0.3) is 21.5 Å². The normalized spacial score (nSPS) is 11.6. The molecule has 0 aliphatic rings. The summed E-state index contributed by atoms with van der Waals surface area (Å²) < 4.78 is 0. The first-order valence-electron chi connectivity index (χ1n) is 14.1. The quantitative estimate of drug-likeness (QED) is 0.164. The molecule has 0 heterocycles. The monoisotopic (exact) mass is 569 g/mol. The molecule has 4 rings (SSSR count). The molecule has 39 heavy (non-hydrogen) atoms. The second kappa shape index (κ2) is 16.3.